The van der Waals surface area contributed by atoms with E-state index in [1.807, 2.05) is 23.6 Å². The number of aromatic nitrogens is 2. The standard InChI is InChI=1S/C13H17N3OS/c1-3-12(14-8-10-9-18-16-15-10)11-6-4-5-7-13(11)17-2/h4-7,9,12,14H,3,8H2,1-2H3. The van der Waals surface area contributed by atoms with Gasteiger partial charge >= 0.3 is 0 Å². The molecule has 2 aromatic rings. The van der Waals surface area contributed by atoms with Gasteiger partial charge in [-0.15, -0.1) is 5.10 Å². The number of methoxy groups -OCH3 is 1. The average Bonchev–Trinajstić information content (AvgIpc) is 2.93. The van der Waals surface area contributed by atoms with Crippen LogP contribution in [0.2, 0.25) is 0 Å². The van der Waals surface area contributed by atoms with E-state index in [1.165, 1.54) is 17.1 Å². The molecule has 0 saturated heterocycles. The van der Waals surface area contributed by atoms with E-state index in [-0.39, 0.29) is 6.04 Å². The molecule has 1 unspecified atom stereocenters. The number of benzene rings is 1. The number of ether oxygens (including phenoxy) is 1. The molecule has 5 heteroatoms. The predicted molar refractivity (Wildman–Crippen MR) is 72.8 cm³/mol. The first kappa shape index (κ1) is 13.0. The Labute approximate surface area is 111 Å². The van der Waals surface area contributed by atoms with Crippen molar-refractivity contribution in [3.05, 3.63) is 40.9 Å². The summed E-state index contributed by atoms with van der Waals surface area (Å²) < 4.78 is 9.26. The second-order valence-corrected chi connectivity index (χ2v) is 4.59. The molecule has 1 atom stereocenters. The monoisotopic (exact) mass is 263 g/mol. The fourth-order valence-corrected chi connectivity index (χ4v) is 2.37. The summed E-state index contributed by atoms with van der Waals surface area (Å²) in [6.45, 7) is 2.89. The van der Waals surface area contributed by atoms with Crippen LogP contribution in [0.4, 0.5) is 0 Å². The van der Waals surface area contributed by atoms with Crippen LogP contribution in [0.5, 0.6) is 5.75 Å². The van der Waals surface area contributed by atoms with Gasteiger partial charge in [0.1, 0.15) is 5.75 Å². The number of para-hydroxylation sites is 1. The van der Waals surface area contributed by atoms with Crippen molar-refractivity contribution in [1.29, 1.82) is 0 Å². The summed E-state index contributed by atoms with van der Waals surface area (Å²) in [4.78, 5) is 0. The third-order valence-electron chi connectivity index (χ3n) is 2.86. The highest BCUT2D eigenvalue weighted by atomic mass is 32.1. The number of nitrogens with one attached hydrogen (secondary N) is 1. The molecule has 1 aromatic heterocycles. The van der Waals surface area contributed by atoms with Gasteiger partial charge < -0.3 is 10.1 Å². The SMILES string of the molecule is CCC(NCc1csnn1)c1ccccc1OC. The van der Waals surface area contributed by atoms with Crippen molar-refractivity contribution in [3.8, 4) is 5.75 Å². The van der Waals surface area contributed by atoms with Crippen molar-refractivity contribution in [2.45, 2.75) is 25.9 Å². The molecular formula is C13H17N3OS. The Morgan fingerprint density at radius 1 is 1.39 bits per heavy atom. The van der Waals surface area contributed by atoms with E-state index in [1.54, 1.807) is 7.11 Å². The molecule has 1 N–H and O–H groups in total. The second-order valence-electron chi connectivity index (χ2n) is 3.98. The van der Waals surface area contributed by atoms with Gasteiger partial charge in [0, 0.05) is 23.5 Å². The van der Waals surface area contributed by atoms with Crippen LogP contribution < -0.4 is 10.1 Å². The Balaban J connectivity index is 2.08. The van der Waals surface area contributed by atoms with E-state index in [2.05, 4.69) is 27.9 Å². The van der Waals surface area contributed by atoms with Crippen LogP contribution in [0.1, 0.15) is 30.6 Å². The molecule has 4 nitrogen and oxygen atoms in total. The van der Waals surface area contributed by atoms with Crippen LogP contribution in [0.3, 0.4) is 0 Å². The Morgan fingerprint density at radius 2 is 2.22 bits per heavy atom. The zero-order valence-corrected chi connectivity index (χ0v) is 11.4. The van der Waals surface area contributed by atoms with E-state index in [0.717, 1.165) is 24.4 Å². The normalized spacial score (nSPS) is 12.3. The predicted octanol–water partition coefficient (Wildman–Crippen LogP) is 2.79. The van der Waals surface area contributed by atoms with Crippen molar-refractivity contribution in [2.24, 2.45) is 0 Å². The summed E-state index contributed by atoms with van der Waals surface area (Å²) in [5.41, 5.74) is 2.17. The first-order chi connectivity index (χ1) is 8.85. The molecule has 0 spiro atoms. The van der Waals surface area contributed by atoms with Crippen LogP contribution >= 0.6 is 11.5 Å². The maximum Gasteiger partial charge on any atom is 0.123 e. The van der Waals surface area contributed by atoms with E-state index in [0.29, 0.717) is 0 Å². The summed E-state index contributed by atoms with van der Waals surface area (Å²) in [6, 6.07) is 8.37. The summed E-state index contributed by atoms with van der Waals surface area (Å²) in [5.74, 6) is 0.924. The zero-order chi connectivity index (χ0) is 12.8. The van der Waals surface area contributed by atoms with E-state index in [9.17, 15) is 0 Å². The molecule has 96 valence electrons. The first-order valence-corrected chi connectivity index (χ1v) is 6.81. The lowest BCUT2D eigenvalue weighted by molar-refractivity contribution is 0.396. The van der Waals surface area contributed by atoms with Crippen molar-refractivity contribution >= 4 is 11.5 Å². The van der Waals surface area contributed by atoms with Crippen molar-refractivity contribution < 1.29 is 4.74 Å². The molecule has 1 heterocycles. The second kappa shape index (κ2) is 6.47. The molecule has 0 aliphatic heterocycles. The molecule has 0 aliphatic carbocycles. The maximum absolute atomic E-state index is 5.40. The van der Waals surface area contributed by atoms with Crippen molar-refractivity contribution in [2.75, 3.05) is 7.11 Å². The summed E-state index contributed by atoms with van der Waals surface area (Å²) in [7, 11) is 1.70. The smallest absolute Gasteiger partial charge is 0.123 e. The minimum Gasteiger partial charge on any atom is -0.496 e. The van der Waals surface area contributed by atoms with Gasteiger partial charge in [-0.2, -0.15) is 0 Å². The van der Waals surface area contributed by atoms with Gasteiger partial charge in [0.15, 0.2) is 0 Å². The number of hydrogen-bond acceptors (Lipinski definition) is 5. The van der Waals surface area contributed by atoms with Gasteiger partial charge in [0.25, 0.3) is 0 Å². The molecule has 2 rings (SSSR count). The van der Waals surface area contributed by atoms with Crippen molar-refractivity contribution in [3.63, 3.8) is 0 Å². The maximum atomic E-state index is 5.40. The van der Waals surface area contributed by atoms with Crippen LogP contribution in [0.15, 0.2) is 29.6 Å². The Hall–Kier alpha value is -1.46. The highest BCUT2D eigenvalue weighted by Crippen LogP contribution is 2.26. The minimum absolute atomic E-state index is 0.267. The number of hydrogen-bond donors (Lipinski definition) is 1. The van der Waals surface area contributed by atoms with Gasteiger partial charge in [0.2, 0.25) is 0 Å². The lowest BCUT2D eigenvalue weighted by Crippen LogP contribution is -2.21. The minimum atomic E-state index is 0.267. The first-order valence-electron chi connectivity index (χ1n) is 5.97. The van der Waals surface area contributed by atoms with Crippen LogP contribution in [-0.2, 0) is 6.54 Å². The fourth-order valence-electron chi connectivity index (χ4n) is 1.92. The summed E-state index contributed by atoms with van der Waals surface area (Å²) in [6.07, 6.45) is 0.998. The van der Waals surface area contributed by atoms with Gasteiger partial charge in [-0.1, -0.05) is 29.6 Å². The molecule has 0 radical (unpaired) electrons. The van der Waals surface area contributed by atoms with Crippen LogP contribution in [0, 0.1) is 0 Å². The quantitative estimate of drug-likeness (QED) is 0.870. The lowest BCUT2D eigenvalue weighted by atomic mass is 10.0. The van der Waals surface area contributed by atoms with Gasteiger partial charge in [-0.05, 0) is 24.0 Å². The largest absolute Gasteiger partial charge is 0.496 e. The molecular weight excluding hydrogens is 246 g/mol. The highest BCUT2D eigenvalue weighted by molar-refractivity contribution is 7.03. The Kier molecular flexibility index (Phi) is 4.66. The van der Waals surface area contributed by atoms with E-state index in [4.69, 9.17) is 4.74 Å². The van der Waals surface area contributed by atoms with E-state index >= 15 is 0 Å². The molecule has 1 aromatic carbocycles. The number of nitrogens with zero attached hydrogens (tertiary/aromatic N) is 2. The summed E-state index contributed by atoms with van der Waals surface area (Å²) >= 11 is 1.38. The number of rotatable bonds is 6. The van der Waals surface area contributed by atoms with E-state index < -0.39 is 0 Å². The van der Waals surface area contributed by atoms with Gasteiger partial charge in [-0.25, -0.2) is 0 Å². The fraction of sp³-hybridized carbons (Fsp3) is 0.385. The van der Waals surface area contributed by atoms with Gasteiger partial charge in [0.05, 0.1) is 12.8 Å². The van der Waals surface area contributed by atoms with Crippen LogP contribution in [-0.4, -0.2) is 16.7 Å². The molecule has 0 saturated carbocycles. The van der Waals surface area contributed by atoms with Gasteiger partial charge in [-0.3, -0.25) is 0 Å². The molecule has 0 aliphatic rings. The van der Waals surface area contributed by atoms with Crippen LogP contribution in [0.25, 0.3) is 0 Å². The molecule has 18 heavy (non-hydrogen) atoms. The Morgan fingerprint density at radius 3 is 2.89 bits per heavy atom. The topological polar surface area (TPSA) is 47.0 Å². The summed E-state index contributed by atoms with van der Waals surface area (Å²) in [5, 5.41) is 9.48. The highest BCUT2D eigenvalue weighted by Gasteiger charge is 2.13. The lowest BCUT2D eigenvalue weighted by Gasteiger charge is -2.19. The molecule has 0 fully saturated rings. The molecule has 0 amide bonds. The zero-order valence-electron chi connectivity index (χ0n) is 10.6. The average molecular weight is 263 g/mol. The Bertz CT molecular complexity index is 473. The van der Waals surface area contributed by atoms with Crippen molar-refractivity contribution in [1.82, 2.24) is 14.9 Å². The third kappa shape index (κ3) is 3.05. The molecule has 0 bridgehead atoms. The third-order valence-corrected chi connectivity index (χ3v) is 3.41.